The Morgan fingerprint density at radius 3 is 2.37 bits per heavy atom. The topological polar surface area (TPSA) is 67.2 Å². The molecule has 0 bridgehead atoms. The lowest BCUT2D eigenvalue weighted by molar-refractivity contribution is -0.140. The lowest BCUT2D eigenvalue weighted by Crippen LogP contribution is -2.45. The molecule has 35 heavy (non-hydrogen) atoms. The van der Waals surface area contributed by atoms with E-state index >= 15 is 0 Å². The van der Waals surface area contributed by atoms with Gasteiger partial charge >= 0.3 is 0 Å². The molecule has 2 amide bonds. The Morgan fingerprint density at radius 2 is 1.74 bits per heavy atom. The van der Waals surface area contributed by atoms with Gasteiger partial charge in [-0.25, -0.2) is 4.68 Å². The molecule has 0 saturated carbocycles. The number of nitrogens with one attached hydrogen (secondary N) is 1. The van der Waals surface area contributed by atoms with Crippen molar-refractivity contribution in [3.05, 3.63) is 65.7 Å². The van der Waals surface area contributed by atoms with Crippen LogP contribution >= 0.6 is 11.6 Å². The second kappa shape index (κ2) is 12.5. The first-order valence-electron chi connectivity index (χ1n) is 12.4. The average molecular weight is 495 g/mol. The standard InChI is InChI=1S/C28H35ClN4O2/c1-5-7-13-21(6-2)28(35)32(20(3)4)19-27(34)30-26-18-24(22-14-9-8-10-15-22)31-33(26)25-17-12-11-16-23(25)29/h8-12,14-18,20-21H,5-7,13,19H2,1-4H3,(H,30,34). The summed E-state index contributed by atoms with van der Waals surface area (Å²) in [5.41, 5.74) is 2.30. The highest BCUT2D eigenvalue weighted by atomic mass is 35.5. The van der Waals surface area contributed by atoms with Crippen LogP contribution in [0.25, 0.3) is 16.9 Å². The van der Waals surface area contributed by atoms with Crippen LogP contribution in [0.5, 0.6) is 0 Å². The number of nitrogens with zero attached hydrogens (tertiary/aromatic N) is 3. The van der Waals surface area contributed by atoms with E-state index in [1.54, 1.807) is 15.6 Å². The number of carbonyl (C=O) groups excluding carboxylic acids is 2. The van der Waals surface area contributed by atoms with Gasteiger partial charge in [-0.05, 0) is 38.8 Å². The summed E-state index contributed by atoms with van der Waals surface area (Å²) in [5, 5.41) is 8.22. The summed E-state index contributed by atoms with van der Waals surface area (Å²) in [4.78, 5) is 28.1. The first kappa shape index (κ1) is 26.5. The van der Waals surface area contributed by atoms with Gasteiger partial charge in [0.1, 0.15) is 12.4 Å². The second-order valence-electron chi connectivity index (χ2n) is 9.00. The van der Waals surface area contributed by atoms with E-state index in [0.29, 0.717) is 22.2 Å². The van der Waals surface area contributed by atoms with E-state index in [-0.39, 0.29) is 30.3 Å². The highest BCUT2D eigenvalue weighted by molar-refractivity contribution is 6.32. The molecule has 0 spiro atoms. The van der Waals surface area contributed by atoms with E-state index in [1.165, 1.54) is 0 Å². The molecule has 0 aliphatic rings. The van der Waals surface area contributed by atoms with Crippen LogP contribution in [0, 0.1) is 5.92 Å². The van der Waals surface area contributed by atoms with Crippen molar-refractivity contribution in [2.24, 2.45) is 5.92 Å². The van der Waals surface area contributed by atoms with Crippen molar-refractivity contribution in [2.45, 2.75) is 59.4 Å². The third-order valence-electron chi connectivity index (χ3n) is 6.10. The van der Waals surface area contributed by atoms with Crippen molar-refractivity contribution in [3.63, 3.8) is 0 Å². The van der Waals surface area contributed by atoms with Crippen LogP contribution < -0.4 is 5.32 Å². The average Bonchev–Trinajstić information content (AvgIpc) is 3.26. The summed E-state index contributed by atoms with van der Waals surface area (Å²) in [6, 6.07) is 18.8. The van der Waals surface area contributed by atoms with Gasteiger partial charge in [0.15, 0.2) is 0 Å². The summed E-state index contributed by atoms with van der Waals surface area (Å²) >= 11 is 6.46. The van der Waals surface area contributed by atoms with Crippen LogP contribution in [0.4, 0.5) is 5.82 Å². The number of unbranched alkanes of at least 4 members (excludes halogenated alkanes) is 1. The number of amides is 2. The van der Waals surface area contributed by atoms with Gasteiger partial charge in [0.2, 0.25) is 11.8 Å². The van der Waals surface area contributed by atoms with E-state index in [0.717, 1.165) is 31.2 Å². The predicted molar refractivity (Wildman–Crippen MR) is 143 cm³/mol. The maximum absolute atomic E-state index is 13.2. The minimum absolute atomic E-state index is 0.0203. The molecule has 2 aromatic carbocycles. The third kappa shape index (κ3) is 6.73. The van der Waals surface area contributed by atoms with Crippen molar-refractivity contribution < 1.29 is 9.59 Å². The highest BCUT2D eigenvalue weighted by Crippen LogP contribution is 2.28. The van der Waals surface area contributed by atoms with Crippen LogP contribution in [0.1, 0.15) is 53.4 Å². The molecule has 3 rings (SSSR count). The van der Waals surface area contributed by atoms with Gasteiger partial charge in [0, 0.05) is 23.6 Å². The van der Waals surface area contributed by atoms with Crippen molar-refractivity contribution in [1.82, 2.24) is 14.7 Å². The Balaban J connectivity index is 1.87. The van der Waals surface area contributed by atoms with Crippen molar-refractivity contribution in [2.75, 3.05) is 11.9 Å². The quantitative estimate of drug-likeness (QED) is 0.327. The molecule has 0 saturated heterocycles. The van der Waals surface area contributed by atoms with Gasteiger partial charge in [-0.3, -0.25) is 9.59 Å². The van der Waals surface area contributed by atoms with E-state index in [1.807, 2.05) is 75.4 Å². The van der Waals surface area contributed by atoms with Gasteiger partial charge in [-0.15, -0.1) is 0 Å². The molecule has 0 fully saturated rings. The lowest BCUT2D eigenvalue weighted by Gasteiger charge is -2.30. The number of anilines is 1. The number of para-hydroxylation sites is 1. The normalized spacial score (nSPS) is 11.9. The molecule has 1 heterocycles. The van der Waals surface area contributed by atoms with Crippen LogP contribution in [0.15, 0.2) is 60.7 Å². The SMILES string of the molecule is CCCCC(CC)C(=O)N(CC(=O)Nc1cc(-c2ccccc2)nn1-c1ccccc1Cl)C(C)C. The van der Waals surface area contributed by atoms with Gasteiger partial charge in [-0.1, -0.05) is 80.8 Å². The number of aromatic nitrogens is 2. The Hall–Kier alpha value is -3.12. The maximum Gasteiger partial charge on any atom is 0.245 e. The number of hydrogen-bond acceptors (Lipinski definition) is 3. The molecule has 0 aliphatic heterocycles. The molecule has 7 heteroatoms. The van der Waals surface area contributed by atoms with E-state index in [9.17, 15) is 9.59 Å². The Bertz CT molecular complexity index is 1130. The van der Waals surface area contributed by atoms with Gasteiger partial charge in [0.25, 0.3) is 0 Å². The molecule has 186 valence electrons. The fraction of sp³-hybridized carbons (Fsp3) is 0.393. The molecule has 1 unspecified atom stereocenters. The van der Waals surface area contributed by atoms with Crippen LogP contribution in [0.3, 0.4) is 0 Å². The van der Waals surface area contributed by atoms with E-state index in [2.05, 4.69) is 12.2 Å². The fourth-order valence-electron chi connectivity index (χ4n) is 4.07. The Kier molecular flexibility index (Phi) is 9.49. The van der Waals surface area contributed by atoms with E-state index < -0.39 is 0 Å². The minimum atomic E-state index is -0.273. The molecule has 6 nitrogen and oxygen atoms in total. The number of halogens is 1. The molecule has 3 aromatic rings. The molecule has 1 aromatic heterocycles. The third-order valence-corrected chi connectivity index (χ3v) is 6.42. The van der Waals surface area contributed by atoms with Gasteiger partial charge in [-0.2, -0.15) is 5.10 Å². The van der Waals surface area contributed by atoms with Crippen molar-refractivity contribution >= 4 is 29.2 Å². The first-order chi connectivity index (χ1) is 16.8. The predicted octanol–water partition coefficient (Wildman–Crippen LogP) is 6.58. The maximum atomic E-state index is 13.2. The lowest BCUT2D eigenvalue weighted by atomic mass is 9.97. The van der Waals surface area contributed by atoms with Crippen LogP contribution in [-0.2, 0) is 9.59 Å². The molecule has 0 aliphatic carbocycles. The van der Waals surface area contributed by atoms with Crippen LogP contribution in [-0.4, -0.2) is 39.1 Å². The molecular weight excluding hydrogens is 460 g/mol. The fourth-order valence-corrected chi connectivity index (χ4v) is 4.28. The van der Waals surface area contributed by atoms with Gasteiger partial charge in [0.05, 0.1) is 16.4 Å². The number of benzene rings is 2. The first-order valence-corrected chi connectivity index (χ1v) is 12.7. The van der Waals surface area contributed by atoms with Crippen molar-refractivity contribution in [3.8, 4) is 16.9 Å². The molecular formula is C28H35ClN4O2. The zero-order valence-electron chi connectivity index (χ0n) is 21.0. The minimum Gasteiger partial charge on any atom is -0.331 e. The summed E-state index contributed by atoms with van der Waals surface area (Å²) in [6.07, 6.45) is 3.66. The van der Waals surface area contributed by atoms with Crippen LogP contribution in [0.2, 0.25) is 5.02 Å². The monoisotopic (exact) mass is 494 g/mol. The highest BCUT2D eigenvalue weighted by Gasteiger charge is 2.27. The number of hydrogen-bond donors (Lipinski definition) is 1. The molecule has 0 radical (unpaired) electrons. The summed E-state index contributed by atoms with van der Waals surface area (Å²) in [7, 11) is 0. The molecule has 1 N–H and O–H groups in total. The second-order valence-corrected chi connectivity index (χ2v) is 9.41. The largest absolute Gasteiger partial charge is 0.331 e. The zero-order chi connectivity index (χ0) is 25.4. The van der Waals surface area contributed by atoms with Gasteiger partial charge < -0.3 is 10.2 Å². The zero-order valence-corrected chi connectivity index (χ0v) is 21.8. The number of rotatable bonds is 11. The number of carbonyl (C=O) groups is 2. The Labute approximate surface area is 213 Å². The smallest absolute Gasteiger partial charge is 0.245 e. The van der Waals surface area contributed by atoms with E-state index in [4.69, 9.17) is 16.7 Å². The molecule has 1 atom stereocenters. The summed E-state index contributed by atoms with van der Waals surface area (Å²) in [5.74, 6) is 0.195. The van der Waals surface area contributed by atoms with Crippen molar-refractivity contribution in [1.29, 1.82) is 0 Å². The Morgan fingerprint density at radius 1 is 1.06 bits per heavy atom. The summed E-state index contributed by atoms with van der Waals surface area (Å²) < 4.78 is 1.64. The summed E-state index contributed by atoms with van der Waals surface area (Å²) in [6.45, 7) is 8.02.